The van der Waals surface area contributed by atoms with Crippen molar-refractivity contribution < 1.29 is 35.5 Å². The van der Waals surface area contributed by atoms with Crippen molar-refractivity contribution in [3.05, 3.63) is 70.0 Å². The van der Waals surface area contributed by atoms with E-state index in [0.717, 1.165) is 0 Å². The maximum Gasteiger partial charge on any atom is 0.416 e. The Labute approximate surface area is 216 Å². The van der Waals surface area contributed by atoms with Crippen molar-refractivity contribution in [1.82, 2.24) is 15.5 Å². The van der Waals surface area contributed by atoms with Crippen LogP contribution in [0.3, 0.4) is 0 Å². The molecule has 2 N–H and O–H groups in total. The minimum Gasteiger partial charge on any atom is -0.328 e. The fourth-order valence-corrected chi connectivity index (χ4v) is 4.86. The number of piperazine rings is 1. The molecular weight excluding hydrogens is 527 g/mol. The molecule has 2 aliphatic rings. The number of benzene rings is 2. The van der Waals surface area contributed by atoms with E-state index in [1.807, 2.05) is 0 Å². The van der Waals surface area contributed by atoms with E-state index in [9.17, 15) is 35.5 Å². The van der Waals surface area contributed by atoms with E-state index in [0.29, 0.717) is 49.2 Å². The molecule has 2 atom stereocenters. The summed E-state index contributed by atoms with van der Waals surface area (Å²) < 4.78 is 94.7. The average Bonchev–Trinajstić information content (AvgIpc) is 3.64. The number of carbonyl (C=O) groups excluding carboxylic acids is 1. The van der Waals surface area contributed by atoms with Gasteiger partial charge in [-0.25, -0.2) is 9.18 Å². The summed E-state index contributed by atoms with van der Waals surface area (Å²) in [5.41, 5.74) is -3.22. The quantitative estimate of drug-likeness (QED) is 0.420. The molecule has 1 heterocycles. The maximum absolute atomic E-state index is 13.6. The Kier molecular flexibility index (Phi) is 8.10. The van der Waals surface area contributed by atoms with Crippen LogP contribution in [0.15, 0.2) is 36.4 Å². The van der Waals surface area contributed by atoms with Gasteiger partial charge in [-0.05, 0) is 79.6 Å². The van der Waals surface area contributed by atoms with Crippen LogP contribution in [0.1, 0.15) is 53.6 Å². The van der Waals surface area contributed by atoms with Crippen LogP contribution in [0.25, 0.3) is 0 Å². The number of nitrogens with zero attached hydrogens (tertiary/aromatic N) is 1. The normalized spacial score (nSPS) is 20.1. The van der Waals surface area contributed by atoms with Crippen molar-refractivity contribution >= 4 is 18.4 Å². The van der Waals surface area contributed by atoms with Crippen molar-refractivity contribution in [3.8, 4) is 0 Å². The molecule has 12 heteroatoms. The Hall–Kier alpha value is -2.53. The molecule has 2 aromatic carbocycles. The van der Waals surface area contributed by atoms with E-state index in [1.165, 1.54) is 24.0 Å². The van der Waals surface area contributed by atoms with Gasteiger partial charge in [-0.1, -0.05) is 6.07 Å². The van der Waals surface area contributed by atoms with Crippen LogP contribution >= 0.6 is 12.4 Å². The maximum atomic E-state index is 13.6. The molecule has 0 radical (unpaired) electrons. The standard InChI is InChI=1S/C25H26F7N3O.ClH/c1-14-9-19(26)5-6-20(14)21-13-33-7-8-35(21)22(36)34-23(2,15-3-4-15)16-10-17(24(27,28)29)12-18(11-16)25(30,31)32;/h5-6,9-12,15,21,33H,3-4,7-8,13H2,1-2H3,(H,34,36);1H. The van der Waals surface area contributed by atoms with E-state index in [2.05, 4.69) is 10.6 Å². The third kappa shape index (κ3) is 6.14. The highest BCUT2D eigenvalue weighted by atomic mass is 35.5. The first kappa shape index (κ1) is 29.0. The highest BCUT2D eigenvalue weighted by Crippen LogP contribution is 2.48. The molecule has 1 aliphatic carbocycles. The van der Waals surface area contributed by atoms with Crippen LogP contribution in [0.5, 0.6) is 0 Å². The van der Waals surface area contributed by atoms with Gasteiger partial charge in [0.1, 0.15) is 5.82 Å². The number of hydrogen-bond acceptors (Lipinski definition) is 2. The number of carbonyl (C=O) groups is 1. The Morgan fingerprint density at radius 3 is 2.05 bits per heavy atom. The number of amides is 2. The summed E-state index contributed by atoms with van der Waals surface area (Å²) in [4.78, 5) is 15.0. The van der Waals surface area contributed by atoms with E-state index in [4.69, 9.17) is 0 Å². The Morgan fingerprint density at radius 2 is 1.54 bits per heavy atom. The molecule has 0 aromatic heterocycles. The summed E-state index contributed by atoms with van der Waals surface area (Å²) >= 11 is 0. The molecule has 1 saturated carbocycles. The molecular formula is C25H27ClF7N3O. The van der Waals surface area contributed by atoms with E-state index >= 15 is 0 Å². The Bertz CT molecular complexity index is 1120. The largest absolute Gasteiger partial charge is 0.416 e. The van der Waals surface area contributed by atoms with Crippen molar-refractivity contribution in [2.45, 2.75) is 50.6 Å². The molecule has 204 valence electrons. The SMILES string of the molecule is Cc1cc(F)ccc1C1CNCCN1C(=O)NC(C)(c1cc(C(F)(F)F)cc(C(F)(F)F)c1)C1CC1.Cl. The van der Waals surface area contributed by atoms with Crippen LogP contribution in [0, 0.1) is 18.7 Å². The van der Waals surface area contributed by atoms with Gasteiger partial charge in [0.25, 0.3) is 0 Å². The Morgan fingerprint density at radius 1 is 0.973 bits per heavy atom. The summed E-state index contributed by atoms with van der Waals surface area (Å²) in [6.45, 7) is 4.25. The first-order valence-electron chi connectivity index (χ1n) is 11.6. The van der Waals surface area contributed by atoms with Crippen LogP contribution in [-0.4, -0.2) is 30.6 Å². The number of nitrogens with one attached hydrogen (secondary N) is 2. The van der Waals surface area contributed by atoms with Crippen LogP contribution in [-0.2, 0) is 17.9 Å². The van der Waals surface area contributed by atoms with Gasteiger partial charge in [0.05, 0.1) is 22.7 Å². The third-order valence-electron chi connectivity index (χ3n) is 7.04. The average molecular weight is 554 g/mol. The molecule has 0 spiro atoms. The first-order valence-corrected chi connectivity index (χ1v) is 11.6. The van der Waals surface area contributed by atoms with Gasteiger partial charge in [-0.3, -0.25) is 0 Å². The van der Waals surface area contributed by atoms with Crippen LogP contribution < -0.4 is 10.6 Å². The number of hydrogen-bond donors (Lipinski definition) is 2. The number of alkyl halides is 6. The summed E-state index contributed by atoms with van der Waals surface area (Å²) in [6, 6.07) is 4.56. The van der Waals surface area contributed by atoms with Gasteiger partial charge >= 0.3 is 18.4 Å². The van der Waals surface area contributed by atoms with Crippen molar-refractivity contribution in [3.63, 3.8) is 0 Å². The van der Waals surface area contributed by atoms with Gasteiger partial charge in [0.15, 0.2) is 0 Å². The molecule has 2 aromatic rings. The summed E-state index contributed by atoms with van der Waals surface area (Å²) in [5, 5.41) is 5.95. The predicted molar refractivity (Wildman–Crippen MR) is 126 cm³/mol. The molecule has 0 bridgehead atoms. The van der Waals surface area contributed by atoms with Gasteiger partial charge in [-0.2, -0.15) is 26.3 Å². The molecule has 4 nitrogen and oxygen atoms in total. The molecule has 2 amide bonds. The number of halogens is 8. The number of aryl methyl sites for hydroxylation is 1. The van der Waals surface area contributed by atoms with Crippen molar-refractivity contribution in [2.75, 3.05) is 19.6 Å². The molecule has 2 fully saturated rings. The second-order valence-electron chi connectivity index (χ2n) is 9.62. The lowest BCUT2D eigenvalue weighted by Gasteiger charge is -2.41. The van der Waals surface area contributed by atoms with E-state index < -0.39 is 46.9 Å². The lowest BCUT2D eigenvalue weighted by Crippen LogP contribution is -2.56. The fourth-order valence-electron chi connectivity index (χ4n) is 4.86. The van der Waals surface area contributed by atoms with E-state index in [1.54, 1.807) is 13.0 Å². The molecule has 2 unspecified atom stereocenters. The predicted octanol–water partition coefficient (Wildman–Crippen LogP) is 6.57. The first-order chi connectivity index (χ1) is 16.7. The number of urea groups is 1. The van der Waals surface area contributed by atoms with Crippen molar-refractivity contribution in [2.24, 2.45) is 5.92 Å². The summed E-state index contributed by atoms with van der Waals surface area (Å²) in [5.74, 6) is -0.748. The number of rotatable bonds is 4. The van der Waals surface area contributed by atoms with Crippen LogP contribution in [0.4, 0.5) is 35.5 Å². The second kappa shape index (κ2) is 10.3. The highest BCUT2D eigenvalue weighted by molar-refractivity contribution is 5.85. The topological polar surface area (TPSA) is 44.4 Å². The summed E-state index contributed by atoms with van der Waals surface area (Å²) in [7, 11) is 0. The molecule has 1 saturated heterocycles. The zero-order valence-electron chi connectivity index (χ0n) is 20.1. The van der Waals surface area contributed by atoms with Gasteiger partial charge in [0.2, 0.25) is 0 Å². The minimum atomic E-state index is -4.99. The van der Waals surface area contributed by atoms with Gasteiger partial charge in [0, 0.05) is 19.6 Å². The second-order valence-corrected chi connectivity index (χ2v) is 9.62. The summed E-state index contributed by atoms with van der Waals surface area (Å²) in [6.07, 6.45) is -8.88. The lowest BCUT2D eigenvalue weighted by atomic mass is 9.84. The fraction of sp³-hybridized carbons (Fsp3) is 0.480. The zero-order chi connectivity index (χ0) is 26.5. The van der Waals surface area contributed by atoms with E-state index in [-0.39, 0.29) is 36.5 Å². The molecule has 1 aliphatic heterocycles. The molecule has 37 heavy (non-hydrogen) atoms. The van der Waals surface area contributed by atoms with Crippen LogP contribution in [0.2, 0.25) is 0 Å². The Balaban J connectivity index is 0.00000380. The van der Waals surface area contributed by atoms with Gasteiger partial charge < -0.3 is 15.5 Å². The third-order valence-corrected chi connectivity index (χ3v) is 7.04. The smallest absolute Gasteiger partial charge is 0.328 e. The van der Waals surface area contributed by atoms with Crippen molar-refractivity contribution in [1.29, 1.82) is 0 Å². The molecule has 4 rings (SSSR count). The lowest BCUT2D eigenvalue weighted by molar-refractivity contribution is -0.143. The zero-order valence-corrected chi connectivity index (χ0v) is 20.9. The minimum absolute atomic E-state index is 0. The highest BCUT2D eigenvalue weighted by Gasteiger charge is 2.47. The van der Waals surface area contributed by atoms with Gasteiger partial charge in [-0.15, -0.1) is 12.4 Å². The monoisotopic (exact) mass is 553 g/mol.